The molecular formula is C14H18N6O. The zero-order valence-electron chi connectivity index (χ0n) is 12.3. The molecule has 21 heavy (non-hydrogen) atoms. The smallest absolute Gasteiger partial charge is 0.254 e. The molecule has 2 N–H and O–H groups in total. The van der Waals surface area contributed by atoms with Crippen molar-refractivity contribution in [2.75, 3.05) is 11.9 Å². The third-order valence-electron chi connectivity index (χ3n) is 2.68. The fourth-order valence-electron chi connectivity index (χ4n) is 1.83. The summed E-state index contributed by atoms with van der Waals surface area (Å²) in [5.74, 6) is 0.846. The summed E-state index contributed by atoms with van der Waals surface area (Å²) in [6, 6.07) is 1.89. The van der Waals surface area contributed by atoms with Gasteiger partial charge < -0.3 is 10.6 Å². The van der Waals surface area contributed by atoms with Gasteiger partial charge in [0.05, 0.1) is 12.1 Å². The lowest BCUT2D eigenvalue weighted by Gasteiger charge is -2.06. The van der Waals surface area contributed by atoms with Gasteiger partial charge in [0.1, 0.15) is 5.82 Å². The van der Waals surface area contributed by atoms with E-state index >= 15 is 0 Å². The average molecular weight is 286 g/mol. The minimum atomic E-state index is -0.249. The van der Waals surface area contributed by atoms with Gasteiger partial charge in [0.15, 0.2) is 0 Å². The van der Waals surface area contributed by atoms with Crippen LogP contribution in [0.5, 0.6) is 0 Å². The van der Waals surface area contributed by atoms with Crippen LogP contribution in [0.15, 0.2) is 18.5 Å². The van der Waals surface area contributed by atoms with E-state index in [0.717, 1.165) is 17.9 Å². The Morgan fingerprint density at radius 3 is 2.33 bits per heavy atom. The largest absolute Gasteiger partial charge is 0.355 e. The van der Waals surface area contributed by atoms with Crippen molar-refractivity contribution in [1.82, 2.24) is 25.3 Å². The first-order valence-electron chi connectivity index (χ1n) is 6.73. The third-order valence-corrected chi connectivity index (χ3v) is 2.68. The second-order valence-electron chi connectivity index (χ2n) is 4.58. The molecule has 0 atom stereocenters. The molecule has 0 saturated heterocycles. The molecule has 0 fully saturated rings. The Hall–Kier alpha value is -2.57. The molecule has 0 aliphatic rings. The van der Waals surface area contributed by atoms with Crippen LogP contribution in [0.3, 0.4) is 0 Å². The molecule has 0 aromatic carbocycles. The van der Waals surface area contributed by atoms with Crippen LogP contribution < -0.4 is 10.6 Å². The van der Waals surface area contributed by atoms with E-state index < -0.39 is 0 Å². The van der Waals surface area contributed by atoms with Crippen LogP contribution in [-0.2, 0) is 6.54 Å². The van der Waals surface area contributed by atoms with Crippen molar-refractivity contribution in [3.63, 3.8) is 0 Å². The number of anilines is 1. The number of amides is 1. The quantitative estimate of drug-likeness (QED) is 0.859. The lowest BCUT2D eigenvalue weighted by Crippen LogP contribution is -2.24. The summed E-state index contributed by atoms with van der Waals surface area (Å²) in [5.41, 5.74) is 2.16. The zero-order valence-corrected chi connectivity index (χ0v) is 12.3. The monoisotopic (exact) mass is 286 g/mol. The highest BCUT2D eigenvalue weighted by Gasteiger charge is 2.08. The second kappa shape index (κ2) is 6.74. The molecule has 0 saturated carbocycles. The summed E-state index contributed by atoms with van der Waals surface area (Å²) in [4.78, 5) is 28.6. The van der Waals surface area contributed by atoms with Gasteiger partial charge in [0, 0.05) is 30.3 Å². The van der Waals surface area contributed by atoms with Gasteiger partial charge in [-0.15, -0.1) is 0 Å². The highest BCUT2D eigenvalue weighted by atomic mass is 16.1. The molecule has 0 radical (unpaired) electrons. The minimum absolute atomic E-state index is 0.249. The summed E-state index contributed by atoms with van der Waals surface area (Å²) >= 11 is 0. The number of nitrogens with zero attached hydrogens (tertiary/aromatic N) is 4. The normalized spacial score (nSPS) is 10.2. The van der Waals surface area contributed by atoms with Crippen molar-refractivity contribution >= 4 is 11.9 Å². The van der Waals surface area contributed by atoms with Crippen LogP contribution in [0.25, 0.3) is 0 Å². The van der Waals surface area contributed by atoms with E-state index in [4.69, 9.17) is 0 Å². The van der Waals surface area contributed by atoms with Gasteiger partial charge in [0.25, 0.3) is 5.91 Å². The van der Waals surface area contributed by atoms with Crippen LogP contribution in [0.2, 0.25) is 0 Å². The molecule has 110 valence electrons. The molecule has 0 bridgehead atoms. The molecular weight excluding hydrogens is 268 g/mol. The number of carbonyl (C=O) groups excluding carboxylic acids is 1. The Labute approximate surface area is 123 Å². The fraction of sp³-hybridized carbons (Fsp3) is 0.357. The first kappa shape index (κ1) is 14.8. The van der Waals surface area contributed by atoms with E-state index in [-0.39, 0.29) is 12.5 Å². The highest BCUT2D eigenvalue weighted by Crippen LogP contribution is 2.02. The van der Waals surface area contributed by atoms with Crippen molar-refractivity contribution < 1.29 is 4.79 Å². The van der Waals surface area contributed by atoms with Gasteiger partial charge in [-0.3, -0.25) is 4.79 Å². The first-order chi connectivity index (χ1) is 10.1. The standard InChI is InChI=1S/C14H18N6O/c1-4-15-14-17-6-11(7-18-14)13(21)16-8-12-19-9(2)5-10(3)20-12/h5-7H,4,8H2,1-3H3,(H,16,21)(H,15,17,18). The van der Waals surface area contributed by atoms with Crippen LogP contribution in [-0.4, -0.2) is 32.4 Å². The number of aromatic nitrogens is 4. The molecule has 2 aromatic rings. The number of hydrogen-bond donors (Lipinski definition) is 2. The molecule has 7 heteroatoms. The highest BCUT2D eigenvalue weighted by molar-refractivity contribution is 5.93. The number of hydrogen-bond acceptors (Lipinski definition) is 6. The molecule has 7 nitrogen and oxygen atoms in total. The van der Waals surface area contributed by atoms with Gasteiger partial charge in [-0.1, -0.05) is 0 Å². The number of rotatable bonds is 5. The van der Waals surface area contributed by atoms with Crippen molar-refractivity contribution in [3.05, 3.63) is 41.2 Å². The van der Waals surface area contributed by atoms with Crippen LogP contribution >= 0.6 is 0 Å². The summed E-state index contributed by atoms with van der Waals surface area (Å²) in [6.45, 7) is 6.75. The predicted octanol–water partition coefficient (Wildman–Crippen LogP) is 1.25. The van der Waals surface area contributed by atoms with Crippen molar-refractivity contribution in [2.45, 2.75) is 27.3 Å². The maximum atomic E-state index is 12.0. The lowest BCUT2D eigenvalue weighted by atomic mass is 10.3. The lowest BCUT2D eigenvalue weighted by molar-refractivity contribution is 0.0949. The second-order valence-corrected chi connectivity index (χ2v) is 4.58. The topological polar surface area (TPSA) is 92.7 Å². The van der Waals surface area contributed by atoms with E-state index in [1.165, 1.54) is 12.4 Å². The van der Waals surface area contributed by atoms with Gasteiger partial charge >= 0.3 is 0 Å². The summed E-state index contributed by atoms with van der Waals surface area (Å²) in [7, 11) is 0. The van der Waals surface area contributed by atoms with Gasteiger partial charge in [-0.05, 0) is 26.8 Å². The zero-order chi connectivity index (χ0) is 15.2. The Morgan fingerprint density at radius 2 is 1.76 bits per heavy atom. The number of carbonyl (C=O) groups is 1. The van der Waals surface area contributed by atoms with E-state index in [0.29, 0.717) is 17.3 Å². The van der Waals surface area contributed by atoms with E-state index in [2.05, 4.69) is 30.6 Å². The van der Waals surface area contributed by atoms with Gasteiger partial charge in [-0.2, -0.15) is 0 Å². The molecule has 0 spiro atoms. The number of aryl methyl sites for hydroxylation is 2. The van der Waals surface area contributed by atoms with Crippen molar-refractivity contribution in [3.8, 4) is 0 Å². The third kappa shape index (κ3) is 4.20. The molecule has 0 unspecified atom stereocenters. The summed E-state index contributed by atoms with van der Waals surface area (Å²) < 4.78 is 0. The van der Waals surface area contributed by atoms with Crippen LogP contribution in [0, 0.1) is 13.8 Å². The average Bonchev–Trinajstić information content (AvgIpc) is 2.45. The summed E-state index contributed by atoms with van der Waals surface area (Å²) in [6.07, 6.45) is 2.98. The Morgan fingerprint density at radius 1 is 1.14 bits per heavy atom. The van der Waals surface area contributed by atoms with E-state index in [1.807, 2.05) is 26.8 Å². The molecule has 2 heterocycles. The molecule has 1 amide bonds. The Kier molecular flexibility index (Phi) is 4.76. The van der Waals surface area contributed by atoms with Gasteiger partial charge in [-0.25, -0.2) is 19.9 Å². The molecule has 0 aliphatic heterocycles. The van der Waals surface area contributed by atoms with Gasteiger partial charge in [0.2, 0.25) is 5.95 Å². The molecule has 2 aromatic heterocycles. The van der Waals surface area contributed by atoms with Crippen molar-refractivity contribution in [1.29, 1.82) is 0 Å². The first-order valence-corrected chi connectivity index (χ1v) is 6.73. The summed E-state index contributed by atoms with van der Waals surface area (Å²) in [5, 5.41) is 5.73. The Balaban J connectivity index is 1.97. The van der Waals surface area contributed by atoms with Crippen molar-refractivity contribution in [2.24, 2.45) is 0 Å². The van der Waals surface area contributed by atoms with Crippen LogP contribution in [0.1, 0.15) is 34.5 Å². The van der Waals surface area contributed by atoms with E-state index in [1.54, 1.807) is 0 Å². The molecule has 0 aliphatic carbocycles. The number of nitrogens with one attached hydrogen (secondary N) is 2. The maximum Gasteiger partial charge on any atom is 0.254 e. The SMILES string of the molecule is CCNc1ncc(C(=O)NCc2nc(C)cc(C)n2)cn1. The van der Waals surface area contributed by atoms with E-state index in [9.17, 15) is 4.79 Å². The molecule has 2 rings (SSSR count). The minimum Gasteiger partial charge on any atom is -0.355 e. The van der Waals surface area contributed by atoms with Crippen LogP contribution in [0.4, 0.5) is 5.95 Å². The Bertz CT molecular complexity index is 606. The maximum absolute atomic E-state index is 12.0. The predicted molar refractivity (Wildman–Crippen MR) is 78.9 cm³/mol. The fourth-order valence-corrected chi connectivity index (χ4v) is 1.83.